The van der Waals surface area contributed by atoms with Gasteiger partial charge >= 0.3 is 0 Å². The molecule has 4 rings (SSSR count). The Morgan fingerprint density at radius 1 is 1.33 bits per heavy atom. The van der Waals surface area contributed by atoms with Crippen molar-refractivity contribution in [3.63, 3.8) is 0 Å². The minimum Gasteiger partial charge on any atom is -0.489 e. The second-order valence-corrected chi connectivity index (χ2v) is 6.86. The van der Waals surface area contributed by atoms with Crippen molar-refractivity contribution in [3.05, 3.63) is 59.0 Å². The number of amides is 1. The van der Waals surface area contributed by atoms with Crippen molar-refractivity contribution in [2.24, 2.45) is 0 Å². The second-order valence-electron chi connectivity index (χ2n) is 6.42. The van der Waals surface area contributed by atoms with Crippen LogP contribution in [0.3, 0.4) is 0 Å². The standard InChI is InChI=1S/C20H18ClFN2O3/c21-12-6-7-19(27-11-13-3-2-8-26-13)17(9-12)24-20(25)18-10-14-15(22)4-1-5-16(14)23-18/h1,4-7,9-10,13,23H,2-3,8,11H2,(H,24,25). The fourth-order valence-corrected chi connectivity index (χ4v) is 3.29. The van der Waals surface area contributed by atoms with Gasteiger partial charge in [0.2, 0.25) is 0 Å². The fourth-order valence-electron chi connectivity index (χ4n) is 3.11. The predicted octanol–water partition coefficient (Wildman–Crippen LogP) is 4.77. The van der Waals surface area contributed by atoms with E-state index in [9.17, 15) is 9.18 Å². The van der Waals surface area contributed by atoms with Gasteiger partial charge in [-0.1, -0.05) is 17.7 Å². The number of fused-ring (bicyclic) bond motifs is 1. The lowest BCUT2D eigenvalue weighted by molar-refractivity contribution is 0.0682. The number of carbonyl (C=O) groups is 1. The van der Waals surface area contributed by atoms with Crippen LogP contribution in [-0.4, -0.2) is 30.2 Å². The van der Waals surface area contributed by atoms with E-state index in [1.54, 1.807) is 30.3 Å². The number of carbonyl (C=O) groups excluding carboxylic acids is 1. The molecule has 0 spiro atoms. The maximum absolute atomic E-state index is 13.9. The first kappa shape index (κ1) is 17.8. The molecule has 7 heteroatoms. The molecule has 1 aromatic heterocycles. The topological polar surface area (TPSA) is 63.4 Å². The zero-order chi connectivity index (χ0) is 18.8. The van der Waals surface area contributed by atoms with Crippen molar-refractivity contribution in [3.8, 4) is 5.75 Å². The molecule has 0 saturated carbocycles. The van der Waals surface area contributed by atoms with Gasteiger partial charge in [-0.3, -0.25) is 4.79 Å². The van der Waals surface area contributed by atoms with E-state index < -0.39 is 5.91 Å². The Hall–Kier alpha value is -2.57. The zero-order valence-electron chi connectivity index (χ0n) is 14.4. The molecule has 140 valence electrons. The van der Waals surface area contributed by atoms with Crippen LogP contribution >= 0.6 is 11.6 Å². The van der Waals surface area contributed by atoms with Crippen LogP contribution in [-0.2, 0) is 4.74 Å². The van der Waals surface area contributed by atoms with Gasteiger partial charge < -0.3 is 19.8 Å². The van der Waals surface area contributed by atoms with Crippen molar-refractivity contribution < 1.29 is 18.7 Å². The van der Waals surface area contributed by atoms with Crippen LogP contribution in [0.1, 0.15) is 23.3 Å². The number of aromatic nitrogens is 1. The Morgan fingerprint density at radius 2 is 2.22 bits per heavy atom. The fraction of sp³-hybridized carbons (Fsp3) is 0.250. The molecule has 1 atom stereocenters. The smallest absolute Gasteiger partial charge is 0.272 e. The quantitative estimate of drug-likeness (QED) is 0.661. The van der Waals surface area contributed by atoms with Gasteiger partial charge in [-0.25, -0.2) is 4.39 Å². The largest absolute Gasteiger partial charge is 0.489 e. The van der Waals surface area contributed by atoms with Gasteiger partial charge in [-0.05, 0) is 49.2 Å². The van der Waals surface area contributed by atoms with E-state index in [2.05, 4.69) is 10.3 Å². The first-order valence-electron chi connectivity index (χ1n) is 8.73. The number of nitrogens with one attached hydrogen (secondary N) is 2. The molecule has 5 nitrogen and oxygen atoms in total. The molecule has 0 aliphatic carbocycles. The first-order chi connectivity index (χ1) is 13.1. The molecule has 0 bridgehead atoms. The number of ether oxygens (including phenoxy) is 2. The van der Waals surface area contributed by atoms with Gasteiger partial charge in [-0.15, -0.1) is 0 Å². The second kappa shape index (κ2) is 7.58. The average Bonchev–Trinajstić information content (AvgIpc) is 3.31. The van der Waals surface area contributed by atoms with Crippen LogP contribution in [0.15, 0.2) is 42.5 Å². The zero-order valence-corrected chi connectivity index (χ0v) is 15.2. The normalized spacial score (nSPS) is 16.6. The Labute approximate surface area is 160 Å². The number of benzene rings is 2. The summed E-state index contributed by atoms with van der Waals surface area (Å²) in [4.78, 5) is 15.6. The third kappa shape index (κ3) is 3.91. The summed E-state index contributed by atoms with van der Waals surface area (Å²) in [5.74, 6) is -0.286. The van der Waals surface area contributed by atoms with Crippen LogP contribution in [0.4, 0.5) is 10.1 Å². The minimum atomic E-state index is -0.408. The molecule has 2 heterocycles. The average molecular weight is 389 g/mol. The molecular weight excluding hydrogens is 371 g/mol. The van der Waals surface area contributed by atoms with Gasteiger partial charge in [0.15, 0.2) is 0 Å². The molecule has 1 fully saturated rings. The summed E-state index contributed by atoms with van der Waals surface area (Å²) in [5, 5.41) is 3.61. The van der Waals surface area contributed by atoms with E-state index in [4.69, 9.17) is 21.1 Å². The van der Waals surface area contributed by atoms with E-state index in [0.29, 0.717) is 34.0 Å². The maximum Gasteiger partial charge on any atom is 0.272 e. The number of halogens is 2. The van der Waals surface area contributed by atoms with Crippen LogP contribution in [0.5, 0.6) is 5.75 Å². The van der Waals surface area contributed by atoms with Crippen LogP contribution in [0, 0.1) is 5.82 Å². The number of anilines is 1. The summed E-state index contributed by atoms with van der Waals surface area (Å²) < 4.78 is 25.2. The molecule has 27 heavy (non-hydrogen) atoms. The van der Waals surface area contributed by atoms with Crippen LogP contribution in [0.2, 0.25) is 5.02 Å². The molecule has 0 radical (unpaired) electrons. The predicted molar refractivity (Wildman–Crippen MR) is 102 cm³/mol. The van der Waals surface area contributed by atoms with E-state index in [1.165, 1.54) is 12.1 Å². The maximum atomic E-state index is 13.9. The number of H-pyrrole nitrogens is 1. The molecule has 1 aliphatic rings. The molecular formula is C20H18ClFN2O3. The Bertz CT molecular complexity index is 983. The van der Waals surface area contributed by atoms with Crippen molar-refractivity contribution in [1.29, 1.82) is 0 Å². The summed E-state index contributed by atoms with van der Waals surface area (Å²) in [7, 11) is 0. The van der Waals surface area contributed by atoms with E-state index in [-0.39, 0.29) is 17.6 Å². The highest BCUT2D eigenvalue weighted by Crippen LogP contribution is 2.30. The van der Waals surface area contributed by atoms with Gasteiger partial charge in [0, 0.05) is 22.5 Å². The molecule has 2 N–H and O–H groups in total. The SMILES string of the molecule is O=C(Nc1cc(Cl)ccc1OCC1CCCO1)c1cc2c(F)cccc2[nH]1. The summed E-state index contributed by atoms with van der Waals surface area (Å²) in [6.07, 6.45) is 2.03. The summed E-state index contributed by atoms with van der Waals surface area (Å²) in [6.45, 7) is 1.15. The lowest BCUT2D eigenvalue weighted by atomic mass is 10.2. The number of aromatic amines is 1. The third-order valence-electron chi connectivity index (χ3n) is 4.49. The Balaban J connectivity index is 1.54. The number of rotatable bonds is 5. The van der Waals surface area contributed by atoms with Crippen LogP contribution < -0.4 is 10.1 Å². The monoisotopic (exact) mass is 388 g/mol. The molecule has 1 aliphatic heterocycles. The van der Waals surface area contributed by atoms with Gasteiger partial charge in [-0.2, -0.15) is 0 Å². The van der Waals surface area contributed by atoms with Gasteiger partial charge in [0.05, 0.1) is 11.8 Å². The highest BCUT2D eigenvalue weighted by Gasteiger charge is 2.18. The first-order valence-corrected chi connectivity index (χ1v) is 9.10. The lowest BCUT2D eigenvalue weighted by Gasteiger charge is -2.15. The van der Waals surface area contributed by atoms with Gasteiger partial charge in [0.1, 0.15) is 23.9 Å². The summed E-state index contributed by atoms with van der Waals surface area (Å²) >= 11 is 6.07. The Morgan fingerprint density at radius 3 is 3.00 bits per heavy atom. The molecule has 2 aromatic carbocycles. The van der Waals surface area contributed by atoms with E-state index >= 15 is 0 Å². The van der Waals surface area contributed by atoms with Crippen molar-refractivity contribution in [2.45, 2.75) is 18.9 Å². The number of hydrogen-bond acceptors (Lipinski definition) is 3. The van der Waals surface area contributed by atoms with Gasteiger partial charge in [0.25, 0.3) is 5.91 Å². The minimum absolute atomic E-state index is 0.0564. The molecule has 1 amide bonds. The molecule has 1 unspecified atom stereocenters. The summed E-state index contributed by atoms with van der Waals surface area (Å²) in [5.41, 5.74) is 1.26. The Kier molecular flexibility index (Phi) is 5.01. The van der Waals surface area contributed by atoms with E-state index in [1.807, 2.05) is 0 Å². The summed E-state index contributed by atoms with van der Waals surface area (Å²) in [6, 6.07) is 11.2. The number of hydrogen-bond donors (Lipinski definition) is 2. The molecule has 1 saturated heterocycles. The van der Waals surface area contributed by atoms with Crippen molar-refractivity contribution in [2.75, 3.05) is 18.5 Å². The highest BCUT2D eigenvalue weighted by atomic mass is 35.5. The van der Waals surface area contributed by atoms with Crippen molar-refractivity contribution in [1.82, 2.24) is 4.98 Å². The van der Waals surface area contributed by atoms with Crippen molar-refractivity contribution >= 4 is 34.1 Å². The van der Waals surface area contributed by atoms with Crippen LogP contribution in [0.25, 0.3) is 10.9 Å². The molecule has 3 aromatic rings. The highest BCUT2D eigenvalue weighted by molar-refractivity contribution is 6.31. The third-order valence-corrected chi connectivity index (χ3v) is 4.73. The lowest BCUT2D eigenvalue weighted by Crippen LogP contribution is -2.18. The van der Waals surface area contributed by atoms with E-state index in [0.717, 1.165) is 19.4 Å².